The minimum atomic E-state index is 0.708. The van der Waals surface area contributed by atoms with Crippen LogP contribution in [0.25, 0.3) is 0 Å². The molecule has 18 heavy (non-hydrogen) atoms. The number of hydrogen-bond donors (Lipinski definition) is 1. The van der Waals surface area contributed by atoms with Gasteiger partial charge in [-0.25, -0.2) is 0 Å². The first-order valence-electron chi connectivity index (χ1n) is 7.81. The molecule has 2 rings (SSSR count). The maximum atomic E-state index is 3.74. The Morgan fingerprint density at radius 1 is 1.17 bits per heavy atom. The minimum Gasteiger partial charge on any atom is -0.313 e. The third-order valence-corrected chi connectivity index (χ3v) is 4.38. The van der Waals surface area contributed by atoms with Gasteiger partial charge >= 0.3 is 0 Å². The molecule has 2 saturated heterocycles. The lowest BCUT2D eigenvalue weighted by Gasteiger charge is -2.38. The second-order valence-corrected chi connectivity index (χ2v) is 6.69. The highest BCUT2D eigenvalue weighted by Gasteiger charge is 2.27. The van der Waals surface area contributed by atoms with Crippen molar-refractivity contribution in [2.45, 2.75) is 51.6 Å². The zero-order valence-electron chi connectivity index (χ0n) is 12.5. The average molecular weight is 253 g/mol. The number of nitrogens with one attached hydrogen (secondary N) is 1. The highest BCUT2D eigenvalue weighted by Crippen LogP contribution is 2.18. The van der Waals surface area contributed by atoms with Crippen LogP contribution in [0.3, 0.4) is 0 Å². The molecule has 0 bridgehead atoms. The Bertz CT molecular complexity index is 242. The molecule has 0 aromatic rings. The van der Waals surface area contributed by atoms with E-state index in [9.17, 15) is 0 Å². The molecule has 0 aromatic carbocycles. The van der Waals surface area contributed by atoms with Crippen molar-refractivity contribution in [3.63, 3.8) is 0 Å². The molecular formula is C15H31N3. The second-order valence-electron chi connectivity index (χ2n) is 6.69. The monoisotopic (exact) mass is 253 g/mol. The van der Waals surface area contributed by atoms with E-state index < -0.39 is 0 Å². The van der Waals surface area contributed by atoms with Crippen molar-refractivity contribution in [1.82, 2.24) is 15.1 Å². The van der Waals surface area contributed by atoms with Crippen LogP contribution >= 0.6 is 0 Å². The van der Waals surface area contributed by atoms with Gasteiger partial charge in [0, 0.05) is 25.2 Å². The van der Waals surface area contributed by atoms with Gasteiger partial charge in [0.1, 0.15) is 0 Å². The Hall–Kier alpha value is -0.120. The molecule has 3 heteroatoms. The van der Waals surface area contributed by atoms with Crippen LogP contribution in [0.1, 0.15) is 39.5 Å². The minimum absolute atomic E-state index is 0.708. The molecule has 0 saturated carbocycles. The third-order valence-electron chi connectivity index (χ3n) is 4.38. The average Bonchev–Trinajstić information content (AvgIpc) is 2.54. The molecule has 3 nitrogen and oxygen atoms in total. The van der Waals surface area contributed by atoms with E-state index in [2.05, 4.69) is 36.0 Å². The van der Waals surface area contributed by atoms with Crippen LogP contribution in [0.2, 0.25) is 0 Å². The zero-order valence-corrected chi connectivity index (χ0v) is 12.5. The molecule has 0 amide bonds. The Morgan fingerprint density at radius 3 is 2.72 bits per heavy atom. The molecule has 2 atom stereocenters. The molecule has 1 N–H and O–H groups in total. The fraction of sp³-hybridized carbons (Fsp3) is 1.00. The van der Waals surface area contributed by atoms with Gasteiger partial charge in [-0.15, -0.1) is 0 Å². The van der Waals surface area contributed by atoms with Crippen LogP contribution < -0.4 is 5.32 Å². The van der Waals surface area contributed by atoms with Crippen molar-refractivity contribution < 1.29 is 0 Å². The summed E-state index contributed by atoms with van der Waals surface area (Å²) in [4.78, 5) is 5.27. The van der Waals surface area contributed by atoms with Crippen LogP contribution in [0, 0.1) is 5.92 Å². The summed E-state index contributed by atoms with van der Waals surface area (Å²) in [6.07, 6.45) is 5.41. The predicted octanol–water partition coefficient (Wildman–Crippen LogP) is 1.79. The first kappa shape index (κ1) is 14.3. The van der Waals surface area contributed by atoms with Gasteiger partial charge in [0.25, 0.3) is 0 Å². The van der Waals surface area contributed by atoms with Crippen LogP contribution in [0.15, 0.2) is 0 Å². The van der Waals surface area contributed by atoms with Crippen molar-refractivity contribution in [2.75, 3.05) is 39.8 Å². The third kappa shape index (κ3) is 4.22. The number of likely N-dealkylation sites (N-methyl/N-ethyl adjacent to an activating group) is 1. The maximum Gasteiger partial charge on any atom is 0.0224 e. The van der Waals surface area contributed by atoms with Gasteiger partial charge in [-0.05, 0) is 58.3 Å². The molecule has 2 fully saturated rings. The normalized spacial score (nSPS) is 32.7. The SMILES string of the molecule is CC(C)CC1CN(C2CCCN(C)C2)CCCN1. The van der Waals surface area contributed by atoms with Crippen LogP contribution in [-0.4, -0.2) is 61.7 Å². The Balaban J connectivity index is 1.89. The smallest absolute Gasteiger partial charge is 0.0224 e. The van der Waals surface area contributed by atoms with Gasteiger partial charge in [0.15, 0.2) is 0 Å². The standard InChI is InChI=1S/C15H31N3/c1-13(2)10-14-11-18(9-5-7-16-14)15-6-4-8-17(3)12-15/h13-16H,4-12H2,1-3H3. The van der Waals surface area contributed by atoms with Crippen LogP contribution in [-0.2, 0) is 0 Å². The van der Waals surface area contributed by atoms with E-state index in [0.717, 1.165) is 12.0 Å². The van der Waals surface area contributed by atoms with E-state index >= 15 is 0 Å². The number of hydrogen-bond acceptors (Lipinski definition) is 3. The van der Waals surface area contributed by atoms with E-state index in [1.807, 2.05) is 0 Å². The summed E-state index contributed by atoms with van der Waals surface area (Å²) in [5, 5.41) is 3.74. The molecule has 0 radical (unpaired) electrons. The summed E-state index contributed by atoms with van der Waals surface area (Å²) in [5.74, 6) is 0.802. The lowest BCUT2D eigenvalue weighted by atomic mass is 10.0. The predicted molar refractivity (Wildman–Crippen MR) is 78.0 cm³/mol. The van der Waals surface area contributed by atoms with Crippen molar-refractivity contribution in [3.05, 3.63) is 0 Å². The summed E-state index contributed by atoms with van der Waals surface area (Å²) >= 11 is 0. The van der Waals surface area contributed by atoms with Gasteiger partial charge in [0.2, 0.25) is 0 Å². The zero-order chi connectivity index (χ0) is 13.0. The maximum absolute atomic E-state index is 3.74. The fourth-order valence-electron chi connectivity index (χ4n) is 3.52. The lowest BCUT2D eigenvalue weighted by molar-refractivity contribution is 0.108. The first-order chi connectivity index (χ1) is 8.65. The highest BCUT2D eigenvalue weighted by molar-refractivity contribution is 4.85. The fourth-order valence-corrected chi connectivity index (χ4v) is 3.52. The summed E-state index contributed by atoms with van der Waals surface area (Å²) in [6.45, 7) is 11.0. The number of nitrogens with zero attached hydrogens (tertiary/aromatic N) is 2. The van der Waals surface area contributed by atoms with Crippen molar-refractivity contribution in [3.8, 4) is 0 Å². The summed E-state index contributed by atoms with van der Waals surface area (Å²) in [6, 6.07) is 1.51. The molecule has 2 aliphatic heterocycles. The lowest BCUT2D eigenvalue weighted by Crippen LogP contribution is -2.49. The molecular weight excluding hydrogens is 222 g/mol. The van der Waals surface area contributed by atoms with Gasteiger partial charge < -0.3 is 10.2 Å². The Kier molecular flexibility index (Phi) is 5.46. The van der Waals surface area contributed by atoms with Gasteiger partial charge in [0.05, 0.1) is 0 Å². The largest absolute Gasteiger partial charge is 0.313 e. The highest BCUT2D eigenvalue weighted by atomic mass is 15.2. The van der Waals surface area contributed by atoms with E-state index in [0.29, 0.717) is 6.04 Å². The topological polar surface area (TPSA) is 18.5 Å². The van der Waals surface area contributed by atoms with Crippen molar-refractivity contribution in [1.29, 1.82) is 0 Å². The van der Waals surface area contributed by atoms with Gasteiger partial charge in [-0.3, -0.25) is 4.90 Å². The van der Waals surface area contributed by atoms with E-state index in [-0.39, 0.29) is 0 Å². The summed E-state index contributed by atoms with van der Waals surface area (Å²) in [5.41, 5.74) is 0. The quantitative estimate of drug-likeness (QED) is 0.827. The van der Waals surface area contributed by atoms with Crippen LogP contribution in [0.4, 0.5) is 0 Å². The van der Waals surface area contributed by atoms with Crippen LogP contribution in [0.5, 0.6) is 0 Å². The van der Waals surface area contributed by atoms with Crippen molar-refractivity contribution >= 4 is 0 Å². The molecule has 0 aliphatic carbocycles. The Morgan fingerprint density at radius 2 is 2.00 bits per heavy atom. The second kappa shape index (κ2) is 6.88. The number of rotatable bonds is 3. The molecule has 0 spiro atoms. The van der Waals surface area contributed by atoms with E-state index in [4.69, 9.17) is 0 Å². The first-order valence-corrected chi connectivity index (χ1v) is 7.81. The number of piperidine rings is 1. The molecule has 0 aromatic heterocycles. The van der Waals surface area contributed by atoms with E-state index in [1.54, 1.807) is 0 Å². The summed E-state index contributed by atoms with van der Waals surface area (Å²) in [7, 11) is 2.27. The summed E-state index contributed by atoms with van der Waals surface area (Å²) < 4.78 is 0. The van der Waals surface area contributed by atoms with Crippen molar-refractivity contribution in [2.24, 2.45) is 5.92 Å². The Labute approximate surface area is 113 Å². The molecule has 2 aliphatic rings. The number of likely N-dealkylation sites (tertiary alicyclic amines) is 1. The van der Waals surface area contributed by atoms with Gasteiger partial charge in [-0.1, -0.05) is 13.8 Å². The molecule has 2 unspecified atom stereocenters. The van der Waals surface area contributed by atoms with Gasteiger partial charge in [-0.2, -0.15) is 0 Å². The van der Waals surface area contributed by atoms with E-state index in [1.165, 1.54) is 58.4 Å². The molecule has 106 valence electrons. The molecule has 2 heterocycles.